The Morgan fingerprint density at radius 1 is 1.29 bits per heavy atom. The molecule has 17 heavy (non-hydrogen) atoms. The molecule has 0 aliphatic carbocycles. The standard InChI is InChI=1S/C13H26N2O.ClH/c1-5-13(6-2,7-3)15-12(16)10(4)11-8-14-9-11;/h10-11,14H,5-9H2,1-4H3,(H,15,16);1H. The van der Waals surface area contributed by atoms with E-state index >= 15 is 0 Å². The van der Waals surface area contributed by atoms with Crippen molar-refractivity contribution in [3.05, 3.63) is 0 Å². The van der Waals surface area contributed by atoms with Crippen molar-refractivity contribution in [2.75, 3.05) is 13.1 Å². The van der Waals surface area contributed by atoms with E-state index in [-0.39, 0.29) is 29.8 Å². The van der Waals surface area contributed by atoms with Crippen molar-refractivity contribution in [1.29, 1.82) is 0 Å². The van der Waals surface area contributed by atoms with E-state index in [2.05, 4.69) is 31.4 Å². The van der Waals surface area contributed by atoms with Crippen LogP contribution in [0.25, 0.3) is 0 Å². The first-order valence-corrected chi connectivity index (χ1v) is 6.61. The molecule has 1 fully saturated rings. The van der Waals surface area contributed by atoms with Crippen molar-refractivity contribution in [2.24, 2.45) is 11.8 Å². The van der Waals surface area contributed by atoms with Gasteiger partial charge in [-0.2, -0.15) is 0 Å². The SMILES string of the molecule is CCC(CC)(CC)NC(=O)C(C)C1CNC1.Cl. The number of carbonyl (C=O) groups is 1. The lowest BCUT2D eigenvalue weighted by atomic mass is 9.85. The van der Waals surface area contributed by atoms with E-state index in [4.69, 9.17) is 0 Å². The summed E-state index contributed by atoms with van der Waals surface area (Å²) in [6.45, 7) is 10.5. The van der Waals surface area contributed by atoms with Gasteiger partial charge in [0.2, 0.25) is 5.91 Å². The third-order valence-electron chi connectivity index (χ3n) is 4.35. The summed E-state index contributed by atoms with van der Waals surface area (Å²) in [6, 6.07) is 0. The Balaban J connectivity index is 0.00000256. The molecular formula is C13H27ClN2O. The zero-order chi connectivity index (χ0) is 12.2. The Morgan fingerprint density at radius 3 is 2.06 bits per heavy atom. The number of hydrogen-bond donors (Lipinski definition) is 2. The van der Waals surface area contributed by atoms with Crippen molar-refractivity contribution in [2.45, 2.75) is 52.5 Å². The molecule has 0 radical (unpaired) electrons. The summed E-state index contributed by atoms with van der Waals surface area (Å²) in [5.74, 6) is 0.908. The summed E-state index contributed by atoms with van der Waals surface area (Å²) < 4.78 is 0. The molecule has 1 rings (SSSR count). The van der Waals surface area contributed by atoms with Crippen molar-refractivity contribution >= 4 is 18.3 Å². The normalized spacial score (nSPS) is 17.9. The average Bonchev–Trinajstić information content (AvgIpc) is 2.23. The minimum Gasteiger partial charge on any atom is -0.350 e. The molecule has 0 aromatic carbocycles. The summed E-state index contributed by atoms with van der Waals surface area (Å²) in [4.78, 5) is 12.1. The van der Waals surface area contributed by atoms with Crippen LogP contribution in [0, 0.1) is 11.8 Å². The highest BCUT2D eigenvalue weighted by Crippen LogP contribution is 2.22. The van der Waals surface area contributed by atoms with Gasteiger partial charge in [0.1, 0.15) is 0 Å². The van der Waals surface area contributed by atoms with Crippen molar-refractivity contribution < 1.29 is 4.79 Å². The van der Waals surface area contributed by atoms with Crippen molar-refractivity contribution in [3.63, 3.8) is 0 Å². The first kappa shape index (κ1) is 16.7. The van der Waals surface area contributed by atoms with Crippen LogP contribution in [0.4, 0.5) is 0 Å². The predicted octanol–water partition coefficient (Wildman–Crippen LogP) is 2.35. The molecule has 1 amide bonds. The lowest BCUT2D eigenvalue weighted by molar-refractivity contribution is -0.128. The Bertz CT molecular complexity index is 229. The van der Waals surface area contributed by atoms with Gasteiger partial charge in [0.15, 0.2) is 0 Å². The van der Waals surface area contributed by atoms with Gasteiger partial charge in [-0.3, -0.25) is 4.79 Å². The Kier molecular flexibility index (Phi) is 7.10. The molecule has 1 aliphatic rings. The van der Waals surface area contributed by atoms with Crippen LogP contribution in [-0.2, 0) is 4.79 Å². The summed E-state index contributed by atoms with van der Waals surface area (Å²) >= 11 is 0. The van der Waals surface area contributed by atoms with Crippen LogP contribution in [0.5, 0.6) is 0 Å². The second-order valence-corrected chi connectivity index (χ2v) is 5.04. The quantitative estimate of drug-likeness (QED) is 0.772. The van der Waals surface area contributed by atoms with Gasteiger partial charge in [-0.25, -0.2) is 0 Å². The van der Waals surface area contributed by atoms with E-state index < -0.39 is 0 Å². The van der Waals surface area contributed by atoms with Crippen LogP contribution in [0.2, 0.25) is 0 Å². The average molecular weight is 263 g/mol. The smallest absolute Gasteiger partial charge is 0.223 e. The van der Waals surface area contributed by atoms with Gasteiger partial charge in [-0.15, -0.1) is 12.4 Å². The number of amides is 1. The molecule has 1 atom stereocenters. The fourth-order valence-electron chi connectivity index (χ4n) is 2.27. The van der Waals surface area contributed by atoms with Gasteiger partial charge in [-0.1, -0.05) is 27.7 Å². The third kappa shape index (κ3) is 3.85. The van der Waals surface area contributed by atoms with Crippen LogP contribution in [0.1, 0.15) is 47.0 Å². The lowest BCUT2D eigenvalue weighted by Crippen LogP contribution is -2.54. The van der Waals surface area contributed by atoms with E-state index in [0.717, 1.165) is 32.4 Å². The monoisotopic (exact) mass is 262 g/mol. The second kappa shape index (κ2) is 7.22. The summed E-state index contributed by atoms with van der Waals surface area (Å²) in [5.41, 5.74) is 0.0164. The Labute approximate surface area is 112 Å². The third-order valence-corrected chi connectivity index (χ3v) is 4.35. The van der Waals surface area contributed by atoms with Crippen LogP contribution >= 0.6 is 12.4 Å². The topological polar surface area (TPSA) is 41.1 Å². The first-order valence-electron chi connectivity index (χ1n) is 6.61. The molecule has 0 spiro atoms. The van der Waals surface area contributed by atoms with Crippen LogP contribution in [0.3, 0.4) is 0 Å². The molecule has 4 heteroatoms. The maximum atomic E-state index is 12.1. The van der Waals surface area contributed by atoms with Crippen LogP contribution < -0.4 is 10.6 Å². The molecule has 3 nitrogen and oxygen atoms in total. The van der Waals surface area contributed by atoms with Crippen LogP contribution in [0.15, 0.2) is 0 Å². The highest BCUT2D eigenvalue weighted by Gasteiger charge is 2.33. The van der Waals surface area contributed by atoms with Gasteiger partial charge in [-0.05, 0) is 38.3 Å². The molecule has 1 saturated heterocycles. The van der Waals surface area contributed by atoms with Gasteiger partial charge >= 0.3 is 0 Å². The summed E-state index contributed by atoms with van der Waals surface area (Å²) in [7, 11) is 0. The highest BCUT2D eigenvalue weighted by molar-refractivity contribution is 5.85. The van der Waals surface area contributed by atoms with E-state index in [1.165, 1.54) is 0 Å². The van der Waals surface area contributed by atoms with Crippen molar-refractivity contribution in [1.82, 2.24) is 10.6 Å². The molecule has 102 valence electrons. The van der Waals surface area contributed by atoms with Gasteiger partial charge in [0.05, 0.1) is 0 Å². The number of halogens is 1. The van der Waals surface area contributed by atoms with Gasteiger partial charge in [0, 0.05) is 11.5 Å². The molecule has 1 heterocycles. The molecule has 0 saturated carbocycles. The Hall–Kier alpha value is -0.280. The van der Waals surface area contributed by atoms with Crippen LogP contribution in [-0.4, -0.2) is 24.5 Å². The minimum absolute atomic E-state index is 0. The zero-order valence-electron chi connectivity index (χ0n) is 11.5. The maximum absolute atomic E-state index is 12.1. The second-order valence-electron chi connectivity index (χ2n) is 5.04. The number of carbonyl (C=O) groups excluding carboxylic acids is 1. The fraction of sp³-hybridized carbons (Fsp3) is 0.923. The van der Waals surface area contributed by atoms with Gasteiger partial charge < -0.3 is 10.6 Å². The minimum atomic E-state index is 0. The number of hydrogen-bond acceptors (Lipinski definition) is 2. The number of rotatable bonds is 6. The van der Waals surface area contributed by atoms with E-state index in [1.807, 2.05) is 6.92 Å². The maximum Gasteiger partial charge on any atom is 0.223 e. The zero-order valence-corrected chi connectivity index (χ0v) is 12.3. The molecule has 0 aromatic rings. The van der Waals surface area contributed by atoms with E-state index in [1.54, 1.807) is 0 Å². The molecule has 2 N–H and O–H groups in total. The lowest BCUT2D eigenvalue weighted by Gasteiger charge is -2.37. The summed E-state index contributed by atoms with van der Waals surface area (Å²) in [5, 5.41) is 6.48. The Morgan fingerprint density at radius 2 is 1.76 bits per heavy atom. The molecule has 0 aromatic heterocycles. The molecular weight excluding hydrogens is 236 g/mol. The molecule has 1 aliphatic heterocycles. The molecule has 1 unspecified atom stereocenters. The van der Waals surface area contributed by atoms with E-state index in [0.29, 0.717) is 5.92 Å². The van der Waals surface area contributed by atoms with Crippen molar-refractivity contribution in [3.8, 4) is 0 Å². The van der Waals surface area contributed by atoms with Gasteiger partial charge in [0.25, 0.3) is 0 Å². The first-order chi connectivity index (χ1) is 7.58. The fourth-order valence-corrected chi connectivity index (χ4v) is 2.27. The highest BCUT2D eigenvalue weighted by atomic mass is 35.5. The number of nitrogens with one attached hydrogen (secondary N) is 2. The largest absolute Gasteiger partial charge is 0.350 e. The summed E-state index contributed by atoms with van der Waals surface area (Å²) in [6.07, 6.45) is 3.05. The predicted molar refractivity (Wildman–Crippen MR) is 74.5 cm³/mol. The molecule has 0 bridgehead atoms. The van der Waals surface area contributed by atoms with E-state index in [9.17, 15) is 4.79 Å².